The van der Waals surface area contributed by atoms with Gasteiger partial charge >= 0.3 is 5.97 Å². The Morgan fingerprint density at radius 1 is 1.08 bits per heavy atom. The van der Waals surface area contributed by atoms with Crippen LogP contribution in [0.1, 0.15) is 17.3 Å². The lowest BCUT2D eigenvalue weighted by Crippen LogP contribution is -2.30. The summed E-state index contributed by atoms with van der Waals surface area (Å²) in [5, 5.41) is 3.08. The predicted octanol–water partition coefficient (Wildman–Crippen LogP) is 4.97. The third-order valence-electron chi connectivity index (χ3n) is 2.99. The number of rotatable bonds is 4. The maximum Gasteiger partial charge on any atom is 0.340 e. The zero-order valence-corrected chi connectivity index (χ0v) is 14.5. The van der Waals surface area contributed by atoms with Gasteiger partial charge in [0.1, 0.15) is 5.82 Å². The minimum absolute atomic E-state index is 0.0396. The Bertz CT molecular complexity index is 798. The van der Waals surface area contributed by atoms with E-state index in [0.717, 1.165) is 12.1 Å². The average molecular weight is 391 g/mol. The molecule has 2 aromatic carbocycles. The first-order valence-electron chi connectivity index (χ1n) is 6.70. The highest BCUT2D eigenvalue weighted by molar-refractivity contribution is 6.36. The second-order valence-corrected chi connectivity index (χ2v) is 6.04. The van der Waals surface area contributed by atoms with Crippen LogP contribution in [0.3, 0.4) is 0 Å². The molecule has 126 valence electrons. The summed E-state index contributed by atoms with van der Waals surface area (Å²) in [5.41, 5.74) is 0.288. The quantitative estimate of drug-likeness (QED) is 0.750. The third-order valence-corrected chi connectivity index (χ3v) is 3.85. The fourth-order valence-electron chi connectivity index (χ4n) is 1.76. The minimum Gasteiger partial charge on any atom is -0.449 e. The van der Waals surface area contributed by atoms with E-state index in [0.29, 0.717) is 10.7 Å². The lowest BCUT2D eigenvalue weighted by atomic mass is 10.2. The van der Waals surface area contributed by atoms with Crippen LogP contribution in [0.25, 0.3) is 0 Å². The number of halogens is 4. The van der Waals surface area contributed by atoms with Crippen LogP contribution in [0, 0.1) is 5.82 Å². The van der Waals surface area contributed by atoms with Crippen LogP contribution in [0.5, 0.6) is 0 Å². The van der Waals surface area contributed by atoms with E-state index in [1.807, 2.05) is 0 Å². The van der Waals surface area contributed by atoms with Gasteiger partial charge in [-0.05, 0) is 43.3 Å². The lowest BCUT2D eigenvalue weighted by molar-refractivity contribution is -0.123. The van der Waals surface area contributed by atoms with Crippen LogP contribution >= 0.6 is 34.8 Å². The molecule has 0 spiro atoms. The first-order chi connectivity index (χ1) is 11.3. The number of anilines is 1. The van der Waals surface area contributed by atoms with E-state index in [-0.39, 0.29) is 15.6 Å². The van der Waals surface area contributed by atoms with Gasteiger partial charge in [-0.25, -0.2) is 9.18 Å². The summed E-state index contributed by atoms with van der Waals surface area (Å²) in [4.78, 5) is 24.1. The molecule has 0 saturated carbocycles. The van der Waals surface area contributed by atoms with Gasteiger partial charge in [-0.3, -0.25) is 4.79 Å². The summed E-state index contributed by atoms with van der Waals surface area (Å²) < 4.78 is 18.0. The molecule has 8 heteroatoms. The van der Waals surface area contributed by atoms with Gasteiger partial charge in [0.15, 0.2) is 6.10 Å². The number of carbonyl (C=O) groups is 2. The van der Waals surface area contributed by atoms with Gasteiger partial charge in [-0.2, -0.15) is 0 Å². The molecule has 24 heavy (non-hydrogen) atoms. The number of esters is 1. The molecule has 0 bridgehead atoms. The number of carbonyl (C=O) groups excluding carboxylic acids is 2. The van der Waals surface area contributed by atoms with E-state index in [1.54, 1.807) is 6.07 Å². The van der Waals surface area contributed by atoms with Gasteiger partial charge < -0.3 is 10.1 Å². The molecule has 0 aliphatic carbocycles. The topological polar surface area (TPSA) is 55.4 Å². The summed E-state index contributed by atoms with van der Waals surface area (Å²) >= 11 is 17.5. The SMILES string of the molecule is CC(OC(=O)c1ccc(F)cc1Cl)C(=O)Nc1ccc(Cl)cc1Cl. The van der Waals surface area contributed by atoms with E-state index in [2.05, 4.69) is 5.32 Å². The van der Waals surface area contributed by atoms with Crippen molar-refractivity contribution in [1.29, 1.82) is 0 Å². The Hall–Kier alpha value is -1.82. The van der Waals surface area contributed by atoms with Crippen LogP contribution in [0.4, 0.5) is 10.1 Å². The minimum atomic E-state index is -1.12. The highest BCUT2D eigenvalue weighted by atomic mass is 35.5. The van der Waals surface area contributed by atoms with Crippen LogP contribution < -0.4 is 5.32 Å². The van der Waals surface area contributed by atoms with Crippen LogP contribution in [-0.2, 0) is 9.53 Å². The summed E-state index contributed by atoms with van der Waals surface area (Å²) in [7, 11) is 0. The maximum atomic E-state index is 13.0. The van der Waals surface area contributed by atoms with Gasteiger partial charge in [0.25, 0.3) is 5.91 Å². The molecule has 2 aromatic rings. The number of nitrogens with one attached hydrogen (secondary N) is 1. The van der Waals surface area contributed by atoms with Gasteiger partial charge in [-0.15, -0.1) is 0 Å². The predicted molar refractivity (Wildman–Crippen MR) is 91.4 cm³/mol. The first-order valence-corrected chi connectivity index (χ1v) is 7.83. The molecular formula is C16H11Cl3FNO3. The molecule has 2 rings (SSSR count). The molecular weight excluding hydrogens is 380 g/mol. The molecule has 4 nitrogen and oxygen atoms in total. The Labute approximate surface area is 152 Å². The molecule has 0 fully saturated rings. The second-order valence-electron chi connectivity index (χ2n) is 4.79. The van der Waals surface area contributed by atoms with Crippen LogP contribution in [0.2, 0.25) is 15.1 Å². The Morgan fingerprint density at radius 2 is 1.79 bits per heavy atom. The van der Waals surface area contributed by atoms with Crippen molar-refractivity contribution in [2.75, 3.05) is 5.32 Å². The standard InChI is InChI=1S/C16H11Cl3FNO3/c1-8(15(22)21-14-5-2-9(17)6-13(14)19)24-16(23)11-4-3-10(20)7-12(11)18/h2-8H,1H3,(H,21,22). The van der Waals surface area contributed by atoms with E-state index >= 15 is 0 Å². The van der Waals surface area contributed by atoms with Crippen molar-refractivity contribution in [3.8, 4) is 0 Å². The number of hydrogen-bond donors (Lipinski definition) is 1. The Morgan fingerprint density at radius 3 is 2.42 bits per heavy atom. The second kappa shape index (κ2) is 7.83. The van der Waals surface area contributed by atoms with Crippen molar-refractivity contribution in [2.24, 2.45) is 0 Å². The summed E-state index contributed by atoms with van der Waals surface area (Å²) in [6.45, 7) is 1.38. The molecule has 0 aromatic heterocycles. The van der Waals surface area contributed by atoms with E-state index in [1.165, 1.54) is 25.1 Å². The van der Waals surface area contributed by atoms with E-state index in [9.17, 15) is 14.0 Å². The van der Waals surface area contributed by atoms with Crippen molar-refractivity contribution < 1.29 is 18.7 Å². The van der Waals surface area contributed by atoms with Crippen molar-refractivity contribution in [2.45, 2.75) is 13.0 Å². The van der Waals surface area contributed by atoms with Crippen molar-refractivity contribution in [3.63, 3.8) is 0 Å². The van der Waals surface area contributed by atoms with Gasteiger partial charge in [0.05, 0.1) is 21.3 Å². The molecule has 0 saturated heterocycles. The maximum absolute atomic E-state index is 13.0. The molecule has 0 heterocycles. The molecule has 0 aliphatic heterocycles. The van der Waals surface area contributed by atoms with E-state index < -0.39 is 23.8 Å². The van der Waals surface area contributed by atoms with Crippen molar-refractivity contribution in [1.82, 2.24) is 0 Å². The highest BCUT2D eigenvalue weighted by Gasteiger charge is 2.21. The number of benzene rings is 2. The van der Waals surface area contributed by atoms with Gasteiger partial charge in [-0.1, -0.05) is 34.8 Å². The first kappa shape index (κ1) is 18.5. The fourth-order valence-corrected chi connectivity index (χ4v) is 2.46. The number of hydrogen-bond acceptors (Lipinski definition) is 3. The molecule has 1 atom stereocenters. The summed E-state index contributed by atoms with van der Waals surface area (Å²) in [6.07, 6.45) is -1.12. The summed E-state index contributed by atoms with van der Waals surface area (Å²) in [5.74, 6) is -2.02. The molecule has 0 aliphatic rings. The summed E-state index contributed by atoms with van der Waals surface area (Å²) in [6, 6.07) is 7.78. The monoisotopic (exact) mass is 389 g/mol. The fraction of sp³-hybridized carbons (Fsp3) is 0.125. The third kappa shape index (κ3) is 4.60. The van der Waals surface area contributed by atoms with Crippen LogP contribution in [-0.4, -0.2) is 18.0 Å². The zero-order chi connectivity index (χ0) is 17.9. The molecule has 1 amide bonds. The Kier molecular flexibility index (Phi) is 6.04. The van der Waals surface area contributed by atoms with Crippen molar-refractivity contribution >= 4 is 52.4 Å². The molecule has 0 radical (unpaired) electrons. The highest BCUT2D eigenvalue weighted by Crippen LogP contribution is 2.25. The normalized spacial score (nSPS) is 11.7. The van der Waals surface area contributed by atoms with Crippen LogP contribution in [0.15, 0.2) is 36.4 Å². The lowest BCUT2D eigenvalue weighted by Gasteiger charge is -2.14. The van der Waals surface area contributed by atoms with Gasteiger partial charge in [0.2, 0.25) is 0 Å². The number of amides is 1. The largest absolute Gasteiger partial charge is 0.449 e. The number of ether oxygens (including phenoxy) is 1. The average Bonchev–Trinajstić information content (AvgIpc) is 2.49. The Balaban J connectivity index is 2.04. The smallest absolute Gasteiger partial charge is 0.340 e. The van der Waals surface area contributed by atoms with E-state index in [4.69, 9.17) is 39.5 Å². The molecule has 1 N–H and O–H groups in total. The molecule has 1 unspecified atom stereocenters. The van der Waals surface area contributed by atoms with Crippen molar-refractivity contribution in [3.05, 3.63) is 62.8 Å². The zero-order valence-electron chi connectivity index (χ0n) is 12.3. The van der Waals surface area contributed by atoms with Gasteiger partial charge in [0, 0.05) is 5.02 Å².